The largest absolute Gasteiger partial charge is 0.465 e. The normalized spacial score (nSPS) is 12.0. The van der Waals surface area contributed by atoms with Crippen LogP contribution in [0.2, 0.25) is 0 Å². The van der Waals surface area contributed by atoms with E-state index in [1.54, 1.807) is 6.92 Å². The molecule has 0 radical (unpaired) electrons. The van der Waals surface area contributed by atoms with Gasteiger partial charge in [0.05, 0.1) is 6.61 Å². The van der Waals surface area contributed by atoms with Gasteiger partial charge in [-0.3, -0.25) is 4.79 Å². The number of carbonyl (C=O) groups is 1. The third-order valence-electron chi connectivity index (χ3n) is 2.75. The summed E-state index contributed by atoms with van der Waals surface area (Å²) < 4.78 is 4.92. The predicted octanol–water partition coefficient (Wildman–Crippen LogP) is 1.71. The Bertz CT molecular complexity index is 393. The number of hydrogen-bond acceptors (Lipinski definition) is 4. The van der Waals surface area contributed by atoms with Crippen molar-refractivity contribution in [2.24, 2.45) is 5.73 Å². The molecule has 4 nitrogen and oxygen atoms in total. The van der Waals surface area contributed by atoms with Crippen molar-refractivity contribution in [2.75, 3.05) is 24.6 Å². The van der Waals surface area contributed by atoms with Crippen molar-refractivity contribution < 1.29 is 9.53 Å². The highest BCUT2D eigenvalue weighted by Crippen LogP contribution is 2.15. The van der Waals surface area contributed by atoms with Gasteiger partial charge in [-0.1, -0.05) is 12.1 Å². The molecule has 0 heterocycles. The van der Waals surface area contributed by atoms with Crippen molar-refractivity contribution in [3.63, 3.8) is 0 Å². The highest BCUT2D eigenvalue weighted by Gasteiger charge is 2.18. The summed E-state index contributed by atoms with van der Waals surface area (Å²) in [6, 6.07) is 7.55. The van der Waals surface area contributed by atoms with Crippen molar-refractivity contribution in [1.29, 1.82) is 0 Å². The number of rotatable bonds is 6. The first kappa shape index (κ1) is 14.5. The molecular formula is C14H22N2O2. The molecule has 4 heteroatoms. The zero-order valence-electron chi connectivity index (χ0n) is 11.3. The maximum absolute atomic E-state index is 11.5. The number of nitrogens with two attached hydrogens (primary N) is 1. The highest BCUT2D eigenvalue weighted by atomic mass is 16.5. The molecule has 0 aliphatic rings. The summed E-state index contributed by atoms with van der Waals surface area (Å²) in [6.45, 7) is 7.50. The maximum Gasteiger partial charge on any atom is 0.324 e. The molecule has 1 aromatic rings. The number of ether oxygens (including phenoxy) is 1. The summed E-state index contributed by atoms with van der Waals surface area (Å²) in [5.74, 6) is -0.344. The molecule has 0 saturated heterocycles. The molecule has 0 aromatic heterocycles. The van der Waals surface area contributed by atoms with E-state index in [4.69, 9.17) is 10.5 Å². The summed E-state index contributed by atoms with van der Waals surface area (Å²) in [5.41, 5.74) is 8.11. The number of esters is 1. The first-order valence-electron chi connectivity index (χ1n) is 6.32. The molecule has 0 bridgehead atoms. The minimum Gasteiger partial charge on any atom is -0.465 e. The zero-order valence-corrected chi connectivity index (χ0v) is 11.3. The van der Waals surface area contributed by atoms with Crippen LogP contribution in [0.1, 0.15) is 19.4 Å². The molecule has 0 fully saturated rings. The van der Waals surface area contributed by atoms with Gasteiger partial charge in [-0.2, -0.15) is 0 Å². The van der Waals surface area contributed by atoms with Crippen molar-refractivity contribution in [2.45, 2.75) is 26.8 Å². The Morgan fingerprint density at radius 1 is 1.44 bits per heavy atom. The second kappa shape index (κ2) is 7.01. The number of anilines is 1. The van der Waals surface area contributed by atoms with Crippen LogP contribution in [0.4, 0.5) is 5.69 Å². The molecule has 0 saturated carbocycles. The molecule has 2 N–H and O–H groups in total. The van der Waals surface area contributed by atoms with Crippen LogP contribution >= 0.6 is 0 Å². The number of benzene rings is 1. The number of carbonyl (C=O) groups excluding carboxylic acids is 1. The van der Waals surface area contributed by atoms with E-state index < -0.39 is 6.04 Å². The van der Waals surface area contributed by atoms with E-state index in [0.717, 1.165) is 12.2 Å². The lowest BCUT2D eigenvalue weighted by atomic mass is 10.2. The number of aryl methyl sites for hydroxylation is 1. The summed E-state index contributed by atoms with van der Waals surface area (Å²) in [6.07, 6.45) is 0. The summed E-state index contributed by atoms with van der Waals surface area (Å²) in [7, 11) is 0. The second-order valence-corrected chi connectivity index (χ2v) is 4.24. The van der Waals surface area contributed by atoms with Gasteiger partial charge in [-0.05, 0) is 38.5 Å². The van der Waals surface area contributed by atoms with E-state index in [-0.39, 0.29) is 5.97 Å². The first-order chi connectivity index (χ1) is 8.58. The first-order valence-corrected chi connectivity index (χ1v) is 6.32. The van der Waals surface area contributed by atoms with Crippen LogP contribution in [0.5, 0.6) is 0 Å². The molecule has 0 spiro atoms. The van der Waals surface area contributed by atoms with E-state index in [9.17, 15) is 4.79 Å². The van der Waals surface area contributed by atoms with Crippen LogP contribution in [0.3, 0.4) is 0 Å². The van der Waals surface area contributed by atoms with Gasteiger partial charge in [0.25, 0.3) is 0 Å². The molecule has 0 aliphatic heterocycles. The smallest absolute Gasteiger partial charge is 0.324 e. The minimum atomic E-state index is -0.606. The summed E-state index contributed by atoms with van der Waals surface area (Å²) >= 11 is 0. The van der Waals surface area contributed by atoms with Gasteiger partial charge >= 0.3 is 5.97 Å². The summed E-state index contributed by atoms with van der Waals surface area (Å²) in [5, 5.41) is 0. The number of likely N-dealkylation sites (N-methyl/N-ethyl adjacent to an activating group) is 1. The van der Waals surface area contributed by atoms with E-state index in [0.29, 0.717) is 13.2 Å². The van der Waals surface area contributed by atoms with Crippen molar-refractivity contribution in [1.82, 2.24) is 0 Å². The molecule has 1 rings (SSSR count). The summed E-state index contributed by atoms with van der Waals surface area (Å²) in [4.78, 5) is 13.6. The van der Waals surface area contributed by atoms with Gasteiger partial charge in [-0.15, -0.1) is 0 Å². The van der Waals surface area contributed by atoms with Crippen molar-refractivity contribution >= 4 is 11.7 Å². The van der Waals surface area contributed by atoms with E-state index in [1.165, 1.54) is 5.56 Å². The Labute approximate surface area is 109 Å². The van der Waals surface area contributed by atoms with Gasteiger partial charge in [0.15, 0.2) is 0 Å². The van der Waals surface area contributed by atoms with E-state index in [2.05, 4.69) is 11.0 Å². The number of hydrogen-bond donors (Lipinski definition) is 1. The lowest BCUT2D eigenvalue weighted by Crippen LogP contribution is -2.43. The quantitative estimate of drug-likeness (QED) is 0.781. The molecule has 1 unspecified atom stereocenters. The molecule has 0 aliphatic carbocycles. The average molecular weight is 250 g/mol. The zero-order chi connectivity index (χ0) is 13.5. The third kappa shape index (κ3) is 4.04. The van der Waals surface area contributed by atoms with Crippen molar-refractivity contribution in [3.8, 4) is 0 Å². The standard InChI is InChI=1S/C14H22N2O2/c1-4-16(10-13(15)14(17)18-5-2)12-8-6-7-11(3)9-12/h6-9,13H,4-5,10,15H2,1-3H3. The van der Waals surface area contributed by atoms with Crippen LogP contribution in [0.15, 0.2) is 24.3 Å². The highest BCUT2D eigenvalue weighted by molar-refractivity contribution is 5.76. The Morgan fingerprint density at radius 2 is 2.17 bits per heavy atom. The van der Waals surface area contributed by atoms with Gasteiger partial charge in [0.1, 0.15) is 6.04 Å². The Kier molecular flexibility index (Phi) is 5.65. The van der Waals surface area contributed by atoms with Gasteiger partial charge < -0.3 is 15.4 Å². The molecule has 18 heavy (non-hydrogen) atoms. The fraction of sp³-hybridized carbons (Fsp3) is 0.500. The fourth-order valence-electron chi connectivity index (χ4n) is 1.80. The average Bonchev–Trinajstić information content (AvgIpc) is 2.35. The van der Waals surface area contributed by atoms with E-state index in [1.807, 2.05) is 32.0 Å². The predicted molar refractivity (Wildman–Crippen MR) is 73.7 cm³/mol. The SMILES string of the molecule is CCOC(=O)C(N)CN(CC)c1cccc(C)c1. The maximum atomic E-state index is 11.5. The lowest BCUT2D eigenvalue weighted by Gasteiger charge is -2.25. The van der Waals surface area contributed by atoms with Crippen LogP contribution in [-0.2, 0) is 9.53 Å². The topological polar surface area (TPSA) is 55.6 Å². The van der Waals surface area contributed by atoms with Crippen molar-refractivity contribution in [3.05, 3.63) is 29.8 Å². The number of nitrogens with zero attached hydrogens (tertiary/aromatic N) is 1. The monoisotopic (exact) mass is 250 g/mol. The Morgan fingerprint density at radius 3 is 2.72 bits per heavy atom. The minimum absolute atomic E-state index is 0.344. The fourth-order valence-corrected chi connectivity index (χ4v) is 1.80. The molecule has 0 amide bonds. The third-order valence-corrected chi connectivity index (χ3v) is 2.75. The molecule has 100 valence electrons. The van der Waals surface area contributed by atoms with Gasteiger partial charge in [-0.25, -0.2) is 0 Å². The lowest BCUT2D eigenvalue weighted by molar-refractivity contribution is -0.144. The Hall–Kier alpha value is -1.55. The molecule has 1 atom stereocenters. The van der Waals surface area contributed by atoms with Crippen LogP contribution < -0.4 is 10.6 Å². The Balaban J connectivity index is 2.70. The van der Waals surface area contributed by atoms with Gasteiger partial charge in [0.2, 0.25) is 0 Å². The molecule has 1 aromatic carbocycles. The van der Waals surface area contributed by atoms with Crippen LogP contribution in [-0.4, -0.2) is 31.7 Å². The van der Waals surface area contributed by atoms with Crippen LogP contribution in [0.25, 0.3) is 0 Å². The van der Waals surface area contributed by atoms with Gasteiger partial charge in [0, 0.05) is 18.8 Å². The van der Waals surface area contributed by atoms with E-state index >= 15 is 0 Å². The molecular weight excluding hydrogens is 228 g/mol. The van der Waals surface area contributed by atoms with Crippen LogP contribution in [0, 0.1) is 6.92 Å². The second-order valence-electron chi connectivity index (χ2n) is 4.24.